The minimum absolute atomic E-state index is 0.0464. The van der Waals surface area contributed by atoms with Crippen LogP contribution < -0.4 is 5.32 Å². The standard InChI is InChI=1S/C9H9BrN2O3/c1-2-11-9(13)7-4-3-6(12(14)15)5-8(7)10/h3-5H,2H2,1H3,(H,11,13). The molecule has 0 aliphatic carbocycles. The second-order valence-electron chi connectivity index (χ2n) is 2.78. The van der Waals surface area contributed by atoms with Crippen molar-refractivity contribution in [1.29, 1.82) is 0 Å². The number of nitro benzene ring substituents is 1. The number of benzene rings is 1. The Kier molecular flexibility index (Phi) is 3.79. The van der Waals surface area contributed by atoms with Crippen molar-refractivity contribution in [3.05, 3.63) is 38.3 Å². The zero-order valence-electron chi connectivity index (χ0n) is 7.99. The molecule has 0 saturated heterocycles. The number of nitro groups is 1. The Morgan fingerprint density at radius 1 is 1.60 bits per heavy atom. The molecule has 5 nitrogen and oxygen atoms in total. The number of non-ortho nitro benzene ring substituents is 1. The fourth-order valence-corrected chi connectivity index (χ4v) is 1.60. The summed E-state index contributed by atoms with van der Waals surface area (Å²) < 4.78 is 0.419. The first-order valence-corrected chi connectivity index (χ1v) is 5.07. The van der Waals surface area contributed by atoms with Crippen LogP contribution in [-0.2, 0) is 0 Å². The number of amides is 1. The lowest BCUT2D eigenvalue weighted by atomic mass is 10.2. The summed E-state index contributed by atoms with van der Waals surface area (Å²) >= 11 is 3.12. The monoisotopic (exact) mass is 272 g/mol. The highest BCUT2D eigenvalue weighted by Gasteiger charge is 2.13. The Morgan fingerprint density at radius 3 is 2.73 bits per heavy atom. The molecule has 6 heteroatoms. The van der Waals surface area contributed by atoms with Crippen molar-refractivity contribution < 1.29 is 9.72 Å². The molecule has 0 aromatic heterocycles. The van der Waals surface area contributed by atoms with Gasteiger partial charge in [0.2, 0.25) is 0 Å². The molecule has 1 aromatic rings. The molecule has 0 bridgehead atoms. The van der Waals surface area contributed by atoms with Crippen LogP contribution in [0.3, 0.4) is 0 Å². The second-order valence-corrected chi connectivity index (χ2v) is 3.64. The number of nitrogens with zero attached hydrogens (tertiary/aromatic N) is 1. The number of rotatable bonds is 3. The largest absolute Gasteiger partial charge is 0.352 e. The van der Waals surface area contributed by atoms with Crippen LogP contribution in [-0.4, -0.2) is 17.4 Å². The van der Waals surface area contributed by atoms with Crippen molar-refractivity contribution in [2.24, 2.45) is 0 Å². The predicted octanol–water partition coefficient (Wildman–Crippen LogP) is 2.11. The van der Waals surface area contributed by atoms with Gasteiger partial charge in [-0.15, -0.1) is 0 Å². The molecule has 1 rings (SSSR count). The highest BCUT2D eigenvalue weighted by atomic mass is 79.9. The van der Waals surface area contributed by atoms with E-state index in [0.29, 0.717) is 16.6 Å². The highest BCUT2D eigenvalue weighted by Crippen LogP contribution is 2.22. The molecule has 0 aliphatic rings. The fourth-order valence-electron chi connectivity index (χ4n) is 1.06. The summed E-state index contributed by atoms with van der Waals surface area (Å²) in [5.41, 5.74) is 0.345. The van der Waals surface area contributed by atoms with E-state index in [1.54, 1.807) is 6.92 Å². The van der Waals surface area contributed by atoms with E-state index in [4.69, 9.17) is 0 Å². The number of nitrogens with one attached hydrogen (secondary N) is 1. The van der Waals surface area contributed by atoms with Gasteiger partial charge in [-0.25, -0.2) is 0 Å². The topological polar surface area (TPSA) is 72.2 Å². The van der Waals surface area contributed by atoms with E-state index in [-0.39, 0.29) is 11.6 Å². The summed E-state index contributed by atoms with van der Waals surface area (Å²) in [4.78, 5) is 21.4. The van der Waals surface area contributed by atoms with Gasteiger partial charge in [0.05, 0.1) is 10.5 Å². The molecule has 0 atom stereocenters. The van der Waals surface area contributed by atoms with Gasteiger partial charge in [-0.1, -0.05) is 0 Å². The molecule has 1 N–H and O–H groups in total. The van der Waals surface area contributed by atoms with Crippen molar-refractivity contribution >= 4 is 27.5 Å². The first-order chi connectivity index (χ1) is 7.06. The molecule has 80 valence electrons. The van der Waals surface area contributed by atoms with Crippen molar-refractivity contribution in [2.45, 2.75) is 6.92 Å². The lowest BCUT2D eigenvalue weighted by molar-refractivity contribution is -0.384. The molecule has 15 heavy (non-hydrogen) atoms. The molecule has 0 radical (unpaired) electrons. The van der Waals surface area contributed by atoms with Gasteiger partial charge in [0.15, 0.2) is 0 Å². The van der Waals surface area contributed by atoms with Gasteiger partial charge in [0, 0.05) is 23.2 Å². The number of carbonyl (C=O) groups excluding carboxylic acids is 1. The molecule has 0 aliphatic heterocycles. The number of hydrogen-bond donors (Lipinski definition) is 1. The molecule has 0 spiro atoms. The van der Waals surface area contributed by atoms with E-state index < -0.39 is 4.92 Å². The summed E-state index contributed by atoms with van der Waals surface area (Å²) in [5, 5.41) is 13.1. The van der Waals surface area contributed by atoms with Crippen molar-refractivity contribution in [2.75, 3.05) is 6.54 Å². The first kappa shape index (κ1) is 11.6. The van der Waals surface area contributed by atoms with Crippen LogP contribution in [0.1, 0.15) is 17.3 Å². The average molecular weight is 273 g/mol. The minimum Gasteiger partial charge on any atom is -0.352 e. The molecule has 1 amide bonds. The molecule has 0 heterocycles. The third kappa shape index (κ3) is 2.76. The normalized spacial score (nSPS) is 9.73. The van der Waals surface area contributed by atoms with E-state index in [2.05, 4.69) is 21.2 Å². The SMILES string of the molecule is CCNC(=O)c1ccc([N+](=O)[O-])cc1Br. The smallest absolute Gasteiger partial charge is 0.270 e. The van der Waals surface area contributed by atoms with E-state index in [9.17, 15) is 14.9 Å². The summed E-state index contributed by atoms with van der Waals surface area (Å²) in [6, 6.07) is 4.03. The molecular weight excluding hydrogens is 264 g/mol. The Bertz CT molecular complexity index is 406. The predicted molar refractivity (Wildman–Crippen MR) is 58.8 cm³/mol. The Hall–Kier alpha value is -1.43. The van der Waals surface area contributed by atoms with Gasteiger partial charge >= 0.3 is 0 Å². The Morgan fingerprint density at radius 2 is 2.27 bits per heavy atom. The summed E-state index contributed by atoms with van der Waals surface area (Å²) in [6.45, 7) is 2.32. The molecule has 1 aromatic carbocycles. The molecule has 0 fully saturated rings. The minimum atomic E-state index is -0.508. The fraction of sp³-hybridized carbons (Fsp3) is 0.222. The van der Waals surface area contributed by atoms with E-state index in [1.807, 2.05) is 0 Å². The maximum atomic E-state index is 11.4. The summed E-state index contributed by atoms with van der Waals surface area (Å²) in [6.07, 6.45) is 0. The lowest BCUT2D eigenvalue weighted by Crippen LogP contribution is -2.22. The average Bonchev–Trinajstić information content (AvgIpc) is 2.17. The highest BCUT2D eigenvalue weighted by molar-refractivity contribution is 9.10. The van der Waals surface area contributed by atoms with Crippen LogP contribution in [0.4, 0.5) is 5.69 Å². The third-order valence-corrected chi connectivity index (χ3v) is 2.40. The van der Waals surface area contributed by atoms with Crippen molar-refractivity contribution in [3.63, 3.8) is 0 Å². The van der Waals surface area contributed by atoms with E-state index >= 15 is 0 Å². The summed E-state index contributed by atoms with van der Waals surface area (Å²) in [7, 11) is 0. The van der Waals surface area contributed by atoms with Crippen LogP contribution >= 0.6 is 15.9 Å². The molecule has 0 unspecified atom stereocenters. The van der Waals surface area contributed by atoms with Gasteiger partial charge in [0.1, 0.15) is 0 Å². The Labute approximate surface area is 94.8 Å². The number of hydrogen-bond acceptors (Lipinski definition) is 3. The summed E-state index contributed by atoms with van der Waals surface area (Å²) in [5.74, 6) is -0.251. The van der Waals surface area contributed by atoms with E-state index in [0.717, 1.165) is 0 Å². The van der Waals surface area contributed by atoms with Crippen LogP contribution in [0.25, 0.3) is 0 Å². The van der Waals surface area contributed by atoms with Gasteiger partial charge in [-0.3, -0.25) is 14.9 Å². The van der Waals surface area contributed by atoms with Gasteiger partial charge in [-0.2, -0.15) is 0 Å². The number of carbonyl (C=O) groups is 1. The maximum Gasteiger partial charge on any atom is 0.270 e. The lowest BCUT2D eigenvalue weighted by Gasteiger charge is -2.03. The van der Waals surface area contributed by atoms with Gasteiger partial charge in [-0.05, 0) is 28.9 Å². The van der Waals surface area contributed by atoms with Crippen LogP contribution in [0, 0.1) is 10.1 Å². The quantitative estimate of drug-likeness (QED) is 0.677. The van der Waals surface area contributed by atoms with Crippen LogP contribution in [0.2, 0.25) is 0 Å². The second kappa shape index (κ2) is 4.88. The Balaban J connectivity index is 3.03. The molecular formula is C9H9BrN2O3. The maximum absolute atomic E-state index is 11.4. The molecule has 0 saturated carbocycles. The first-order valence-electron chi connectivity index (χ1n) is 4.28. The third-order valence-electron chi connectivity index (χ3n) is 1.75. The number of halogens is 1. The van der Waals surface area contributed by atoms with Crippen LogP contribution in [0.5, 0.6) is 0 Å². The zero-order valence-corrected chi connectivity index (χ0v) is 9.58. The zero-order chi connectivity index (χ0) is 11.4. The van der Waals surface area contributed by atoms with Crippen molar-refractivity contribution in [1.82, 2.24) is 5.32 Å². The van der Waals surface area contributed by atoms with Gasteiger partial charge < -0.3 is 5.32 Å². The van der Waals surface area contributed by atoms with Gasteiger partial charge in [0.25, 0.3) is 11.6 Å². The van der Waals surface area contributed by atoms with E-state index in [1.165, 1.54) is 18.2 Å². The van der Waals surface area contributed by atoms with Crippen molar-refractivity contribution in [3.8, 4) is 0 Å². The van der Waals surface area contributed by atoms with Crippen LogP contribution in [0.15, 0.2) is 22.7 Å².